The molecule has 0 amide bonds. The summed E-state index contributed by atoms with van der Waals surface area (Å²) in [7, 11) is 0. The van der Waals surface area contributed by atoms with E-state index in [9.17, 15) is 4.39 Å². The van der Waals surface area contributed by atoms with Gasteiger partial charge in [0, 0.05) is 6.54 Å². The van der Waals surface area contributed by atoms with Crippen LogP contribution in [0.1, 0.15) is 6.42 Å². The molecule has 1 nitrogen and oxygen atoms in total. The summed E-state index contributed by atoms with van der Waals surface area (Å²) >= 11 is 0. The molecule has 1 aliphatic rings. The van der Waals surface area contributed by atoms with Crippen molar-refractivity contribution in [1.82, 2.24) is 5.32 Å². The van der Waals surface area contributed by atoms with Crippen LogP contribution in [0.3, 0.4) is 0 Å². The van der Waals surface area contributed by atoms with Gasteiger partial charge in [0.25, 0.3) is 0 Å². The molecule has 0 saturated heterocycles. The molecule has 8 heavy (non-hydrogen) atoms. The topological polar surface area (TPSA) is 12.0 Å². The van der Waals surface area contributed by atoms with E-state index in [1.807, 2.05) is 0 Å². The molecule has 1 heterocycles. The third-order valence-electron chi connectivity index (χ3n) is 0.981. The van der Waals surface area contributed by atoms with Gasteiger partial charge in [0.15, 0.2) is 0 Å². The SMILES string of the molecule is Cl.FC1=CCCNC1. The third-order valence-corrected chi connectivity index (χ3v) is 0.981. The minimum Gasteiger partial charge on any atom is -0.310 e. The summed E-state index contributed by atoms with van der Waals surface area (Å²) in [4.78, 5) is 0. The van der Waals surface area contributed by atoms with E-state index in [1.165, 1.54) is 0 Å². The highest BCUT2D eigenvalue weighted by Crippen LogP contribution is 1.99. The smallest absolute Gasteiger partial charge is 0.110 e. The summed E-state index contributed by atoms with van der Waals surface area (Å²) in [6.07, 6.45) is 2.46. The highest BCUT2D eigenvalue weighted by Gasteiger charge is 1.97. The molecule has 0 saturated carbocycles. The molecule has 3 heteroatoms. The average molecular weight is 138 g/mol. The van der Waals surface area contributed by atoms with Gasteiger partial charge < -0.3 is 5.32 Å². The zero-order valence-electron chi connectivity index (χ0n) is 4.48. The fourth-order valence-corrected chi connectivity index (χ4v) is 0.611. The van der Waals surface area contributed by atoms with Crippen molar-refractivity contribution in [2.75, 3.05) is 13.1 Å². The maximum Gasteiger partial charge on any atom is 0.110 e. The van der Waals surface area contributed by atoms with Gasteiger partial charge in [-0.2, -0.15) is 0 Å². The van der Waals surface area contributed by atoms with Crippen molar-refractivity contribution in [3.63, 3.8) is 0 Å². The van der Waals surface area contributed by atoms with Crippen LogP contribution < -0.4 is 5.32 Å². The van der Waals surface area contributed by atoms with Gasteiger partial charge >= 0.3 is 0 Å². The van der Waals surface area contributed by atoms with E-state index in [2.05, 4.69) is 5.32 Å². The predicted molar refractivity (Wildman–Crippen MR) is 33.9 cm³/mol. The molecule has 48 valence electrons. The standard InChI is InChI=1S/C5H8FN.ClH/c6-5-2-1-3-7-4-5;/h2,7H,1,3-4H2;1H. The summed E-state index contributed by atoms with van der Waals surface area (Å²) in [5.74, 6) is -0.0220. The molecule has 0 unspecified atom stereocenters. The molecule has 0 aliphatic carbocycles. The largest absolute Gasteiger partial charge is 0.310 e. The number of hydrogen-bond donors (Lipinski definition) is 1. The first-order valence-corrected chi connectivity index (χ1v) is 2.45. The normalized spacial score (nSPS) is 18.9. The van der Waals surface area contributed by atoms with Crippen LogP contribution in [-0.4, -0.2) is 13.1 Å². The lowest BCUT2D eigenvalue weighted by Crippen LogP contribution is -2.20. The Hall–Kier alpha value is -0.0800. The zero-order chi connectivity index (χ0) is 5.11. The highest BCUT2D eigenvalue weighted by molar-refractivity contribution is 5.85. The Morgan fingerprint density at radius 1 is 1.62 bits per heavy atom. The minimum absolute atomic E-state index is 0. The summed E-state index contributed by atoms with van der Waals surface area (Å²) in [5, 5.41) is 2.89. The highest BCUT2D eigenvalue weighted by atomic mass is 35.5. The molecule has 0 atom stereocenters. The Morgan fingerprint density at radius 2 is 2.38 bits per heavy atom. The third kappa shape index (κ3) is 2.28. The summed E-state index contributed by atoms with van der Waals surface area (Å²) in [6, 6.07) is 0. The first kappa shape index (κ1) is 7.92. The molecule has 0 fully saturated rings. The molecule has 0 spiro atoms. The number of rotatable bonds is 0. The zero-order valence-corrected chi connectivity index (χ0v) is 5.30. The lowest BCUT2D eigenvalue weighted by molar-refractivity contribution is 0.543. The van der Waals surface area contributed by atoms with Crippen molar-refractivity contribution < 1.29 is 4.39 Å². The summed E-state index contributed by atoms with van der Waals surface area (Å²) < 4.78 is 12.0. The van der Waals surface area contributed by atoms with Crippen LogP contribution in [0.4, 0.5) is 4.39 Å². The van der Waals surface area contributed by atoms with Gasteiger partial charge in [-0.15, -0.1) is 12.4 Å². The van der Waals surface area contributed by atoms with Crippen molar-refractivity contribution in [2.45, 2.75) is 6.42 Å². The van der Waals surface area contributed by atoms with Gasteiger partial charge in [0.2, 0.25) is 0 Å². The maximum atomic E-state index is 12.0. The molecule has 0 bridgehead atoms. The van der Waals surface area contributed by atoms with Gasteiger partial charge in [0.1, 0.15) is 5.83 Å². The van der Waals surface area contributed by atoms with Crippen molar-refractivity contribution in [1.29, 1.82) is 0 Å². The van der Waals surface area contributed by atoms with E-state index in [0.29, 0.717) is 6.54 Å². The Labute approximate surface area is 54.4 Å². The van der Waals surface area contributed by atoms with E-state index in [-0.39, 0.29) is 18.2 Å². The van der Waals surface area contributed by atoms with Gasteiger partial charge in [-0.3, -0.25) is 0 Å². The van der Waals surface area contributed by atoms with Crippen LogP contribution >= 0.6 is 12.4 Å². The van der Waals surface area contributed by atoms with Crippen LogP contribution in [0, 0.1) is 0 Å². The van der Waals surface area contributed by atoms with Crippen molar-refractivity contribution in [2.24, 2.45) is 0 Å². The van der Waals surface area contributed by atoms with Crippen LogP contribution in [-0.2, 0) is 0 Å². The van der Waals surface area contributed by atoms with Gasteiger partial charge in [-0.25, -0.2) is 4.39 Å². The van der Waals surface area contributed by atoms with Crippen molar-refractivity contribution >= 4 is 12.4 Å². The second-order valence-electron chi connectivity index (χ2n) is 1.62. The van der Waals surface area contributed by atoms with E-state index >= 15 is 0 Å². The van der Waals surface area contributed by atoms with Crippen molar-refractivity contribution in [3.8, 4) is 0 Å². The fraction of sp³-hybridized carbons (Fsp3) is 0.600. The van der Waals surface area contributed by atoms with Crippen LogP contribution in [0.25, 0.3) is 0 Å². The molecular weight excluding hydrogens is 129 g/mol. The van der Waals surface area contributed by atoms with E-state index in [1.54, 1.807) is 6.08 Å². The van der Waals surface area contributed by atoms with Gasteiger partial charge in [0.05, 0.1) is 0 Å². The quantitative estimate of drug-likeness (QED) is 0.530. The van der Waals surface area contributed by atoms with E-state index in [0.717, 1.165) is 13.0 Å². The molecule has 1 N–H and O–H groups in total. The lowest BCUT2D eigenvalue weighted by atomic mass is 10.3. The van der Waals surface area contributed by atoms with Crippen LogP contribution in [0.15, 0.2) is 11.9 Å². The number of hydrogen-bond acceptors (Lipinski definition) is 1. The second-order valence-corrected chi connectivity index (χ2v) is 1.62. The lowest BCUT2D eigenvalue weighted by Gasteiger charge is -2.05. The Balaban J connectivity index is 0.000000490. The monoisotopic (exact) mass is 137 g/mol. The minimum atomic E-state index is -0.0220. The molecule has 0 radical (unpaired) electrons. The molecule has 1 rings (SSSR count). The van der Waals surface area contributed by atoms with E-state index in [4.69, 9.17) is 0 Å². The molecule has 1 aliphatic heterocycles. The van der Waals surface area contributed by atoms with Crippen LogP contribution in [0.2, 0.25) is 0 Å². The first-order chi connectivity index (χ1) is 3.39. The second kappa shape index (κ2) is 3.87. The number of nitrogens with one attached hydrogen (secondary N) is 1. The summed E-state index contributed by atoms with van der Waals surface area (Å²) in [6.45, 7) is 1.35. The average Bonchev–Trinajstić information content (AvgIpc) is 1.69. The Morgan fingerprint density at radius 3 is 2.62 bits per heavy atom. The Bertz CT molecular complexity index is 92.4. The summed E-state index contributed by atoms with van der Waals surface area (Å²) in [5.41, 5.74) is 0. The number of halogens is 2. The van der Waals surface area contributed by atoms with Crippen molar-refractivity contribution in [3.05, 3.63) is 11.9 Å². The van der Waals surface area contributed by atoms with Gasteiger partial charge in [-0.1, -0.05) is 6.08 Å². The fourth-order valence-electron chi connectivity index (χ4n) is 0.611. The molecular formula is C5H9ClFN. The maximum absolute atomic E-state index is 12.0. The predicted octanol–water partition coefficient (Wildman–Crippen LogP) is 1.25. The van der Waals surface area contributed by atoms with Crippen LogP contribution in [0.5, 0.6) is 0 Å². The molecule has 0 aromatic rings. The van der Waals surface area contributed by atoms with E-state index < -0.39 is 0 Å². The van der Waals surface area contributed by atoms with Gasteiger partial charge in [-0.05, 0) is 13.0 Å². The Kier molecular flexibility index (Phi) is 3.83. The molecule has 0 aromatic heterocycles. The molecule has 0 aromatic carbocycles. The first-order valence-electron chi connectivity index (χ1n) is 2.45.